The quantitative estimate of drug-likeness (QED) is 0.183. The molecule has 0 N–H and O–H groups in total. The summed E-state index contributed by atoms with van der Waals surface area (Å²) in [4.78, 5) is 39.9. The van der Waals surface area contributed by atoms with Gasteiger partial charge in [0, 0.05) is 5.56 Å². The molecular weight excluding hydrogens is 458 g/mol. The van der Waals surface area contributed by atoms with Gasteiger partial charge in [0.1, 0.15) is 5.75 Å². The number of hydrogen-bond acceptors (Lipinski definition) is 5. The summed E-state index contributed by atoms with van der Waals surface area (Å²) in [5.74, 6) is -0.539. The van der Waals surface area contributed by atoms with Crippen LogP contribution in [0.25, 0.3) is 16.8 Å². The van der Waals surface area contributed by atoms with Gasteiger partial charge in [0.25, 0.3) is 11.1 Å². The molecule has 5 rings (SSSR count). The maximum atomic E-state index is 13.1. The van der Waals surface area contributed by atoms with Crippen molar-refractivity contribution in [3.8, 4) is 5.75 Å². The van der Waals surface area contributed by atoms with E-state index in [0.717, 1.165) is 33.7 Å². The number of esters is 1. The summed E-state index contributed by atoms with van der Waals surface area (Å²) in [6.45, 7) is 2.13. The molecule has 0 atom stereocenters. The van der Waals surface area contributed by atoms with E-state index < -0.39 is 5.97 Å². The van der Waals surface area contributed by atoms with Crippen molar-refractivity contribution in [1.82, 2.24) is 4.90 Å². The standard InChI is InChI=1S/C29H21NO4S/c1-19-10-13-22(14-11-19)28(32)34-25-9-5-4-8-24(25)17-26-27(31)30(29(33)35-26)18-20-12-15-21-6-2-3-7-23(21)16-20/h2-17H,18H2,1H3/b26-17-. The molecule has 1 aliphatic rings. The Kier molecular flexibility index (Phi) is 6.21. The molecule has 5 nitrogen and oxygen atoms in total. The van der Waals surface area contributed by atoms with Gasteiger partial charge in [0.15, 0.2) is 0 Å². The van der Waals surface area contributed by atoms with E-state index >= 15 is 0 Å². The molecule has 1 fully saturated rings. The van der Waals surface area contributed by atoms with Crippen molar-refractivity contribution in [3.05, 3.63) is 118 Å². The van der Waals surface area contributed by atoms with Crippen molar-refractivity contribution >= 4 is 45.7 Å². The van der Waals surface area contributed by atoms with Crippen molar-refractivity contribution in [3.63, 3.8) is 0 Å². The van der Waals surface area contributed by atoms with Crippen LogP contribution in [0.5, 0.6) is 5.75 Å². The second-order valence-electron chi connectivity index (χ2n) is 8.24. The van der Waals surface area contributed by atoms with E-state index in [-0.39, 0.29) is 22.6 Å². The third-order valence-electron chi connectivity index (χ3n) is 5.72. The Bertz CT molecular complexity index is 1490. The predicted octanol–water partition coefficient (Wildman–Crippen LogP) is 6.60. The van der Waals surface area contributed by atoms with Crippen LogP contribution in [0.15, 0.2) is 95.9 Å². The topological polar surface area (TPSA) is 63.7 Å². The van der Waals surface area contributed by atoms with Crippen LogP contribution < -0.4 is 4.74 Å². The Morgan fingerprint density at radius 3 is 2.40 bits per heavy atom. The first kappa shape index (κ1) is 22.6. The van der Waals surface area contributed by atoms with E-state index in [2.05, 4.69) is 0 Å². The molecule has 0 radical (unpaired) electrons. The number of rotatable bonds is 5. The molecule has 4 aromatic rings. The number of benzene rings is 4. The van der Waals surface area contributed by atoms with E-state index in [4.69, 9.17) is 4.74 Å². The van der Waals surface area contributed by atoms with Gasteiger partial charge in [-0.3, -0.25) is 14.5 Å². The van der Waals surface area contributed by atoms with E-state index in [1.807, 2.05) is 61.5 Å². The lowest BCUT2D eigenvalue weighted by molar-refractivity contribution is -0.123. The van der Waals surface area contributed by atoms with Gasteiger partial charge >= 0.3 is 5.97 Å². The normalized spacial score (nSPS) is 14.7. The van der Waals surface area contributed by atoms with Crippen LogP contribution in [-0.4, -0.2) is 22.0 Å². The molecule has 0 saturated carbocycles. The second kappa shape index (κ2) is 9.60. The molecular formula is C29H21NO4S. The lowest BCUT2D eigenvalue weighted by atomic mass is 10.1. The van der Waals surface area contributed by atoms with Gasteiger partial charge < -0.3 is 4.74 Å². The fourth-order valence-corrected chi connectivity index (χ4v) is 4.67. The summed E-state index contributed by atoms with van der Waals surface area (Å²) < 4.78 is 5.60. The highest BCUT2D eigenvalue weighted by Gasteiger charge is 2.35. The largest absolute Gasteiger partial charge is 0.422 e. The Labute approximate surface area is 207 Å². The molecule has 0 spiro atoms. The lowest BCUT2D eigenvalue weighted by Crippen LogP contribution is -2.27. The number of nitrogens with zero attached hydrogens (tertiary/aromatic N) is 1. The number of carbonyl (C=O) groups is 3. The van der Waals surface area contributed by atoms with Crippen LogP contribution in [0.1, 0.15) is 27.0 Å². The number of para-hydroxylation sites is 1. The van der Waals surface area contributed by atoms with E-state index in [9.17, 15) is 14.4 Å². The van der Waals surface area contributed by atoms with Crippen molar-refractivity contribution < 1.29 is 19.1 Å². The van der Waals surface area contributed by atoms with Gasteiger partial charge in [-0.25, -0.2) is 4.79 Å². The van der Waals surface area contributed by atoms with Gasteiger partial charge in [0.05, 0.1) is 17.0 Å². The van der Waals surface area contributed by atoms with Gasteiger partial charge in [-0.15, -0.1) is 0 Å². The molecule has 35 heavy (non-hydrogen) atoms. The molecule has 0 unspecified atom stereocenters. The van der Waals surface area contributed by atoms with Crippen molar-refractivity contribution in [2.24, 2.45) is 0 Å². The summed E-state index contributed by atoms with van der Waals surface area (Å²) in [5.41, 5.74) is 2.89. The summed E-state index contributed by atoms with van der Waals surface area (Å²) in [6, 6.07) is 27.9. The number of imide groups is 1. The second-order valence-corrected chi connectivity index (χ2v) is 9.24. The maximum Gasteiger partial charge on any atom is 0.343 e. The zero-order chi connectivity index (χ0) is 24.4. The Morgan fingerprint density at radius 2 is 1.60 bits per heavy atom. The van der Waals surface area contributed by atoms with E-state index in [1.54, 1.807) is 42.5 Å². The molecule has 1 saturated heterocycles. The predicted molar refractivity (Wildman–Crippen MR) is 138 cm³/mol. The van der Waals surface area contributed by atoms with Gasteiger partial charge in [-0.2, -0.15) is 0 Å². The minimum Gasteiger partial charge on any atom is -0.422 e. The molecule has 0 aliphatic carbocycles. The van der Waals surface area contributed by atoms with Crippen LogP contribution in [-0.2, 0) is 11.3 Å². The number of ether oxygens (including phenoxy) is 1. The first-order valence-corrected chi connectivity index (χ1v) is 11.9. The number of fused-ring (bicyclic) bond motifs is 1. The van der Waals surface area contributed by atoms with Gasteiger partial charge in [-0.1, -0.05) is 72.3 Å². The lowest BCUT2D eigenvalue weighted by Gasteiger charge is -2.13. The third kappa shape index (κ3) is 4.88. The Morgan fingerprint density at radius 1 is 0.886 bits per heavy atom. The van der Waals surface area contributed by atoms with Gasteiger partial charge in [0.2, 0.25) is 0 Å². The Hall–Kier alpha value is -4.16. The highest BCUT2D eigenvalue weighted by molar-refractivity contribution is 8.18. The van der Waals surface area contributed by atoms with Crippen molar-refractivity contribution in [2.45, 2.75) is 13.5 Å². The molecule has 6 heteroatoms. The van der Waals surface area contributed by atoms with Crippen LogP contribution in [0.2, 0.25) is 0 Å². The zero-order valence-corrected chi connectivity index (χ0v) is 19.7. The van der Waals surface area contributed by atoms with Gasteiger partial charge in [-0.05, 0) is 65.4 Å². The van der Waals surface area contributed by atoms with Crippen molar-refractivity contribution in [1.29, 1.82) is 0 Å². The fourth-order valence-electron chi connectivity index (χ4n) is 3.84. The molecule has 172 valence electrons. The number of aryl methyl sites for hydroxylation is 1. The highest BCUT2D eigenvalue weighted by atomic mass is 32.2. The Balaban J connectivity index is 1.36. The van der Waals surface area contributed by atoms with Crippen LogP contribution in [0.3, 0.4) is 0 Å². The van der Waals surface area contributed by atoms with Crippen LogP contribution >= 0.6 is 11.8 Å². The molecule has 1 aliphatic heterocycles. The number of thioether (sulfide) groups is 1. The summed E-state index contributed by atoms with van der Waals surface area (Å²) in [7, 11) is 0. The SMILES string of the molecule is Cc1ccc(C(=O)Oc2ccccc2/C=C2\SC(=O)N(Cc3ccc4ccccc4c3)C2=O)cc1. The molecule has 4 aromatic carbocycles. The first-order chi connectivity index (χ1) is 17.0. The third-order valence-corrected chi connectivity index (χ3v) is 6.63. The summed E-state index contributed by atoms with van der Waals surface area (Å²) >= 11 is 0.883. The van der Waals surface area contributed by atoms with Crippen LogP contribution in [0.4, 0.5) is 4.79 Å². The average molecular weight is 480 g/mol. The fraction of sp³-hybridized carbons (Fsp3) is 0.0690. The van der Waals surface area contributed by atoms with Crippen LogP contribution in [0, 0.1) is 6.92 Å². The zero-order valence-electron chi connectivity index (χ0n) is 18.9. The van der Waals surface area contributed by atoms with E-state index in [1.165, 1.54) is 4.90 Å². The van der Waals surface area contributed by atoms with Crippen molar-refractivity contribution in [2.75, 3.05) is 0 Å². The number of amides is 2. The molecule has 2 amide bonds. The first-order valence-electron chi connectivity index (χ1n) is 11.1. The monoisotopic (exact) mass is 479 g/mol. The molecule has 0 bridgehead atoms. The number of hydrogen-bond donors (Lipinski definition) is 0. The minimum absolute atomic E-state index is 0.191. The minimum atomic E-state index is -0.491. The number of carbonyl (C=O) groups excluding carboxylic acids is 3. The summed E-state index contributed by atoms with van der Waals surface area (Å²) in [6.07, 6.45) is 1.60. The van der Waals surface area contributed by atoms with E-state index in [0.29, 0.717) is 16.9 Å². The average Bonchev–Trinajstić information content (AvgIpc) is 3.13. The smallest absolute Gasteiger partial charge is 0.343 e. The maximum absolute atomic E-state index is 13.1. The summed E-state index contributed by atoms with van der Waals surface area (Å²) in [5, 5.41) is 1.82. The molecule has 1 heterocycles. The molecule has 0 aromatic heterocycles. The highest BCUT2D eigenvalue weighted by Crippen LogP contribution is 2.35.